The number of fused-ring (bicyclic) bond motifs is 3. The van der Waals surface area contributed by atoms with Gasteiger partial charge in [-0.3, -0.25) is 14.8 Å². The highest BCUT2D eigenvalue weighted by molar-refractivity contribution is 6.20. The van der Waals surface area contributed by atoms with E-state index in [-0.39, 0.29) is 18.3 Å². The zero-order chi connectivity index (χ0) is 22.0. The van der Waals surface area contributed by atoms with E-state index in [0.717, 1.165) is 11.4 Å². The largest absolute Gasteiger partial charge is 0.507 e. The molecule has 0 unspecified atom stereocenters. The molecule has 1 amide bonds. The average Bonchev–Trinajstić information content (AvgIpc) is 3.28. The van der Waals surface area contributed by atoms with Gasteiger partial charge in [0.2, 0.25) is 0 Å². The minimum absolute atomic E-state index is 0.0458. The molecule has 0 aliphatic carbocycles. The molecule has 0 saturated carbocycles. The second-order valence-corrected chi connectivity index (χ2v) is 7.17. The zero-order valence-electron chi connectivity index (χ0n) is 17.6. The summed E-state index contributed by atoms with van der Waals surface area (Å²) in [5.41, 5.74) is 1.93. The molecule has 0 bridgehead atoms. The van der Waals surface area contributed by atoms with Crippen LogP contribution in [0.15, 0.2) is 52.7 Å². The Kier molecular flexibility index (Phi) is 5.57. The van der Waals surface area contributed by atoms with Crippen LogP contribution in [0.3, 0.4) is 0 Å². The van der Waals surface area contributed by atoms with Crippen LogP contribution in [0.5, 0.6) is 11.5 Å². The van der Waals surface area contributed by atoms with Gasteiger partial charge < -0.3 is 24.4 Å². The van der Waals surface area contributed by atoms with Gasteiger partial charge in [-0.25, -0.2) is 4.99 Å². The van der Waals surface area contributed by atoms with Crippen molar-refractivity contribution < 1.29 is 19.4 Å². The van der Waals surface area contributed by atoms with Gasteiger partial charge in [0.25, 0.3) is 5.91 Å². The number of aliphatic hydroxyl groups is 1. The molecule has 9 heteroatoms. The maximum atomic E-state index is 11.9. The van der Waals surface area contributed by atoms with Crippen LogP contribution < -0.4 is 9.47 Å². The lowest BCUT2D eigenvalue weighted by Gasteiger charge is -2.27. The van der Waals surface area contributed by atoms with E-state index in [0.29, 0.717) is 41.7 Å². The third kappa shape index (κ3) is 3.94. The first kappa shape index (κ1) is 20.4. The number of nitrogens with zero attached hydrogens (tertiary/aromatic N) is 5. The van der Waals surface area contributed by atoms with Gasteiger partial charge in [0.15, 0.2) is 18.1 Å². The Hall–Kier alpha value is -3.88. The topological polar surface area (TPSA) is 99.8 Å². The number of benzene rings is 1. The molecule has 4 rings (SSSR count). The van der Waals surface area contributed by atoms with Gasteiger partial charge in [0, 0.05) is 50.2 Å². The van der Waals surface area contributed by atoms with Crippen LogP contribution in [-0.4, -0.2) is 78.4 Å². The monoisotopic (exact) mass is 421 g/mol. The quantitative estimate of drug-likeness (QED) is 0.719. The Labute approximate surface area is 180 Å². The van der Waals surface area contributed by atoms with Crippen molar-refractivity contribution in [3.8, 4) is 11.5 Å². The summed E-state index contributed by atoms with van der Waals surface area (Å²) in [4.78, 5) is 28.7. The van der Waals surface area contributed by atoms with Crippen molar-refractivity contribution in [3.63, 3.8) is 0 Å². The molecule has 0 spiro atoms. The van der Waals surface area contributed by atoms with Crippen molar-refractivity contribution in [2.75, 3.05) is 40.9 Å². The minimum Gasteiger partial charge on any atom is -0.507 e. The Morgan fingerprint density at radius 1 is 1.32 bits per heavy atom. The van der Waals surface area contributed by atoms with E-state index in [4.69, 9.17) is 14.5 Å². The van der Waals surface area contributed by atoms with E-state index in [9.17, 15) is 9.90 Å². The van der Waals surface area contributed by atoms with Gasteiger partial charge in [-0.1, -0.05) is 0 Å². The van der Waals surface area contributed by atoms with Gasteiger partial charge in [0.1, 0.15) is 23.1 Å². The molecule has 0 radical (unpaired) electrons. The smallest absolute Gasteiger partial charge is 0.259 e. The van der Waals surface area contributed by atoms with Gasteiger partial charge >= 0.3 is 0 Å². The van der Waals surface area contributed by atoms with Crippen LogP contribution >= 0.6 is 0 Å². The van der Waals surface area contributed by atoms with Gasteiger partial charge in [-0.15, -0.1) is 0 Å². The van der Waals surface area contributed by atoms with E-state index < -0.39 is 0 Å². The van der Waals surface area contributed by atoms with Crippen molar-refractivity contribution in [1.82, 2.24) is 14.8 Å². The van der Waals surface area contributed by atoms with E-state index in [1.807, 2.05) is 11.0 Å². The van der Waals surface area contributed by atoms with Crippen molar-refractivity contribution in [2.24, 2.45) is 9.98 Å². The maximum Gasteiger partial charge on any atom is 0.259 e. The van der Waals surface area contributed by atoms with Crippen LogP contribution in [0.4, 0.5) is 5.69 Å². The minimum atomic E-state index is -0.167. The molecule has 1 aromatic heterocycles. The van der Waals surface area contributed by atoms with Crippen LogP contribution in [0, 0.1) is 0 Å². The number of aliphatic hydroxyl groups excluding tert-OH is 1. The molecule has 0 fully saturated rings. The fraction of sp³-hybridized carbons (Fsp3) is 0.273. The number of amidine groups is 2. The van der Waals surface area contributed by atoms with E-state index in [1.54, 1.807) is 50.8 Å². The lowest BCUT2D eigenvalue weighted by molar-refractivity contribution is -0.130. The third-order valence-electron chi connectivity index (χ3n) is 4.96. The second-order valence-electron chi connectivity index (χ2n) is 7.17. The fourth-order valence-corrected chi connectivity index (χ4v) is 3.33. The average molecular weight is 421 g/mol. The lowest BCUT2D eigenvalue weighted by atomic mass is 10.1. The van der Waals surface area contributed by atoms with Crippen LogP contribution in [0.25, 0.3) is 5.76 Å². The van der Waals surface area contributed by atoms with Crippen molar-refractivity contribution >= 4 is 29.0 Å². The standard InChI is InChI=1S/C22H23N5O4/c1-26(2)19(29)13-31-17-7-6-15-20(21(17)30-3)25-18(27-10-9-24-22(15)27)11-16(28)14-5-4-8-23-12-14/h4-8,11-12,28H,9-10,13H2,1-3H3/b16-11-. The number of ether oxygens (including phenoxy) is 2. The number of pyridine rings is 1. The Morgan fingerprint density at radius 2 is 2.16 bits per heavy atom. The molecule has 31 heavy (non-hydrogen) atoms. The Morgan fingerprint density at radius 3 is 2.87 bits per heavy atom. The molecule has 2 aliphatic rings. The van der Waals surface area contributed by atoms with Crippen LogP contribution in [-0.2, 0) is 4.79 Å². The molecule has 0 saturated heterocycles. The summed E-state index contributed by atoms with van der Waals surface area (Å²) < 4.78 is 11.3. The van der Waals surface area contributed by atoms with E-state index in [1.165, 1.54) is 12.0 Å². The second kappa shape index (κ2) is 8.47. The maximum absolute atomic E-state index is 11.9. The van der Waals surface area contributed by atoms with Crippen LogP contribution in [0.1, 0.15) is 11.1 Å². The predicted molar refractivity (Wildman–Crippen MR) is 117 cm³/mol. The molecule has 2 aromatic rings. The molecular weight excluding hydrogens is 398 g/mol. The van der Waals surface area contributed by atoms with E-state index >= 15 is 0 Å². The summed E-state index contributed by atoms with van der Waals surface area (Å²) >= 11 is 0. The number of carbonyl (C=O) groups is 1. The summed E-state index contributed by atoms with van der Waals surface area (Å²) in [6.45, 7) is 1.16. The SMILES string of the molecule is COc1c(OCC(=O)N(C)C)ccc2c1N=C(/C=C(\O)c1cccnc1)N1CCN=C21. The number of amides is 1. The lowest BCUT2D eigenvalue weighted by Crippen LogP contribution is -2.36. The summed E-state index contributed by atoms with van der Waals surface area (Å²) in [5.74, 6) is 1.98. The highest BCUT2D eigenvalue weighted by atomic mass is 16.5. The zero-order valence-corrected chi connectivity index (χ0v) is 17.6. The summed E-state index contributed by atoms with van der Waals surface area (Å²) in [5, 5.41) is 10.6. The third-order valence-corrected chi connectivity index (χ3v) is 4.96. The highest BCUT2D eigenvalue weighted by Gasteiger charge is 2.32. The number of aromatic nitrogens is 1. The normalized spacial score (nSPS) is 14.9. The van der Waals surface area contributed by atoms with Crippen molar-refractivity contribution in [2.45, 2.75) is 0 Å². The summed E-state index contributed by atoms with van der Waals surface area (Å²) in [6.07, 6.45) is 4.81. The number of hydrogen-bond donors (Lipinski definition) is 1. The first-order valence-corrected chi connectivity index (χ1v) is 9.75. The number of likely N-dealkylation sites (N-methyl/N-ethyl adjacent to an activating group) is 1. The summed E-state index contributed by atoms with van der Waals surface area (Å²) in [7, 11) is 4.86. The first-order valence-electron chi connectivity index (χ1n) is 9.75. The summed E-state index contributed by atoms with van der Waals surface area (Å²) in [6, 6.07) is 7.13. The molecule has 1 aromatic carbocycles. The van der Waals surface area contributed by atoms with E-state index in [2.05, 4.69) is 9.98 Å². The van der Waals surface area contributed by atoms with Crippen molar-refractivity contribution in [3.05, 3.63) is 53.9 Å². The Balaban J connectivity index is 1.75. The fourth-order valence-electron chi connectivity index (χ4n) is 3.33. The first-order chi connectivity index (χ1) is 15.0. The number of hydrogen-bond acceptors (Lipinski definition) is 8. The number of carbonyl (C=O) groups excluding carboxylic acids is 1. The van der Waals surface area contributed by atoms with Gasteiger partial charge in [0.05, 0.1) is 13.7 Å². The molecule has 160 valence electrons. The van der Waals surface area contributed by atoms with Crippen molar-refractivity contribution in [1.29, 1.82) is 0 Å². The highest BCUT2D eigenvalue weighted by Crippen LogP contribution is 2.43. The number of methoxy groups -OCH3 is 1. The molecular formula is C22H23N5O4. The Bertz CT molecular complexity index is 1090. The number of aliphatic imine (C=N–C) groups is 2. The van der Waals surface area contributed by atoms with Gasteiger partial charge in [-0.2, -0.15) is 0 Å². The molecule has 3 heterocycles. The molecule has 2 aliphatic heterocycles. The molecule has 1 N–H and O–H groups in total. The van der Waals surface area contributed by atoms with Gasteiger partial charge in [-0.05, 0) is 24.3 Å². The predicted octanol–water partition coefficient (Wildman–Crippen LogP) is 2.26. The molecule has 9 nitrogen and oxygen atoms in total. The molecule has 0 atom stereocenters. The van der Waals surface area contributed by atoms with Crippen LogP contribution in [0.2, 0.25) is 0 Å². The number of rotatable bonds is 6.